The van der Waals surface area contributed by atoms with Crippen molar-refractivity contribution in [1.29, 1.82) is 0 Å². The van der Waals surface area contributed by atoms with Crippen molar-refractivity contribution in [3.8, 4) is 0 Å². The fourth-order valence-electron chi connectivity index (χ4n) is 0.630. The summed E-state index contributed by atoms with van der Waals surface area (Å²) in [6, 6.07) is 7.80. The average molecular weight is 234 g/mol. The number of benzene rings is 1. The van der Waals surface area contributed by atoms with Gasteiger partial charge < -0.3 is 42.1 Å². The summed E-state index contributed by atoms with van der Waals surface area (Å²) in [5, 5.41) is 29.5. The summed E-state index contributed by atoms with van der Waals surface area (Å²) in [7, 11) is 0. The summed E-state index contributed by atoms with van der Waals surface area (Å²) >= 11 is 0. The maximum Gasteiger partial charge on any atom is 0.133 e. The first-order valence-corrected chi connectivity index (χ1v) is 3.62. The van der Waals surface area contributed by atoms with Gasteiger partial charge in [0.15, 0.2) is 0 Å². The third-order valence-corrected chi connectivity index (χ3v) is 0.991. The van der Waals surface area contributed by atoms with E-state index in [1.54, 1.807) is 0 Å². The SMILES string of the molecule is O=[N+]([O-])[O-].O=[N+]([O-])[O-].[NH3+]c1cccc([NH3+])c1. The average Bonchev–Trinajstić information content (AvgIpc) is 2.00. The van der Waals surface area contributed by atoms with Crippen molar-refractivity contribution in [1.82, 2.24) is 0 Å². The minimum atomic E-state index is -1.75. The fraction of sp³-hybridized carbons (Fsp3) is 0. The summed E-state index contributed by atoms with van der Waals surface area (Å²) in [6.07, 6.45) is 0. The quantitative estimate of drug-likeness (QED) is 0.425. The van der Waals surface area contributed by atoms with Crippen LogP contribution in [0.5, 0.6) is 0 Å². The lowest BCUT2D eigenvalue weighted by Gasteiger charge is -1.84. The lowest BCUT2D eigenvalue weighted by Crippen LogP contribution is -2.43. The van der Waals surface area contributed by atoms with Gasteiger partial charge in [-0.25, -0.2) is 0 Å². The monoisotopic (exact) mass is 234 g/mol. The van der Waals surface area contributed by atoms with Gasteiger partial charge in [-0.1, -0.05) is 6.07 Å². The van der Waals surface area contributed by atoms with E-state index in [2.05, 4.69) is 11.5 Å². The largest absolute Gasteiger partial charge is 0.356 e. The Morgan fingerprint density at radius 3 is 1.25 bits per heavy atom. The summed E-state index contributed by atoms with van der Waals surface area (Å²) in [4.78, 5) is 16.5. The van der Waals surface area contributed by atoms with E-state index in [-0.39, 0.29) is 0 Å². The van der Waals surface area contributed by atoms with Crippen LogP contribution in [0.15, 0.2) is 24.3 Å². The van der Waals surface area contributed by atoms with Crippen molar-refractivity contribution in [3.63, 3.8) is 0 Å². The highest BCUT2D eigenvalue weighted by Gasteiger charge is 1.88. The highest BCUT2D eigenvalue weighted by Crippen LogP contribution is 2.02. The van der Waals surface area contributed by atoms with Gasteiger partial charge in [-0.2, -0.15) is 0 Å². The third kappa shape index (κ3) is 22.5. The molecule has 0 aliphatic heterocycles. The molecule has 1 aromatic rings. The smallest absolute Gasteiger partial charge is 0.133 e. The van der Waals surface area contributed by atoms with E-state index >= 15 is 0 Å². The molecule has 0 saturated carbocycles. The predicted octanol–water partition coefficient (Wildman–Crippen LogP) is -1.04. The molecule has 0 heterocycles. The Kier molecular flexibility index (Phi) is 9.10. The van der Waals surface area contributed by atoms with Gasteiger partial charge in [0.25, 0.3) is 0 Å². The molecule has 0 bridgehead atoms. The predicted molar refractivity (Wildman–Crippen MR) is 52.3 cm³/mol. The van der Waals surface area contributed by atoms with Crippen LogP contribution in [0.1, 0.15) is 0 Å². The lowest BCUT2D eigenvalue weighted by molar-refractivity contribution is -0.403. The molecular formula is C6H10N4O6. The van der Waals surface area contributed by atoms with E-state index in [4.69, 9.17) is 30.6 Å². The molecule has 90 valence electrons. The number of hydrogen-bond donors (Lipinski definition) is 2. The van der Waals surface area contributed by atoms with Gasteiger partial charge in [-0.3, -0.25) is 0 Å². The normalized spacial score (nSPS) is 7.62. The van der Waals surface area contributed by atoms with E-state index in [1.165, 1.54) is 0 Å². The van der Waals surface area contributed by atoms with Crippen LogP contribution < -0.4 is 11.5 Å². The van der Waals surface area contributed by atoms with Crippen LogP contribution in [-0.2, 0) is 0 Å². The van der Waals surface area contributed by atoms with Crippen LogP contribution in [-0.4, -0.2) is 10.2 Å². The van der Waals surface area contributed by atoms with Gasteiger partial charge in [0, 0.05) is 0 Å². The topological polar surface area (TPSA) is 188 Å². The van der Waals surface area contributed by atoms with Crippen LogP contribution in [0.25, 0.3) is 0 Å². The summed E-state index contributed by atoms with van der Waals surface area (Å²) in [5.41, 5.74) is 9.53. The first-order chi connectivity index (χ1) is 7.25. The molecule has 0 saturated heterocycles. The molecule has 1 rings (SSSR count). The molecule has 10 heteroatoms. The van der Waals surface area contributed by atoms with Gasteiger partial charge in [-0.15, -0.1) is 0 Å². The minimum absolute atomic E-state index is 1.03. The van der Waals surface area contributed by atoms with Crippen molar-refractivity contribution in [2.24, 2.45) is 0 Å². The number of hydrogen-bond acceptors (Lipinski definition) is 6. The van der Waals surface area contributed by atoms with Crippen molar-refractivity contribution in [3.05, 3.63) is 54.9 Å². The van der Waals surface area contributed by atoms with Crippen molar-refractivity contribution < 1.29 is 21.6 Å². The Balaban J connectivity index is 0. The van der Waals surface area contributed by atoms with Crippen LogP contribution in [0.2, 0.25) is 0 Å². The van der Waals surface area contributed by atoms with Crippen LogP contribution in [0.4, 0.5) is 11.4 Å². The summed E-state index contributed by atoms with van der Waals surface area (Å²) in [5.74, 6) is 0. The van der Waals surface area contributed by atoms with Gasteiger partial charge >= 0.3 is 0 Å². The van der Waals surface area contributed by atoms with Crippen molar-refractivity contribution in [2.45, 2.75) is 0 Å². The molecule has 0 radical (unpaired) electrons. The molecule has 1 aromatic carbocycles. The van der Waals surface area contributed by atoms with Crippen LogP contribution in [0.3, 0.4) is 0 Å². The number of nitrogens with zero attached hydrogens (tertiary/aromatic N) is 2. The molecule has 0 amide bonds. The molecule has 0 aromatic heterocycles. The third-order valence-electron chi connectivity index (χ3n) is 0.991. The van der Waals surface area contributed by atoms with E-state index < -0.39 is 10.2 Å². The summed E-state index contributed by atoms with van der Waals surface area (Å²) in [6.45, 7) is 0. The zero-order valence-corrected chi connectivity index (χ0v) is 8.07. The fourth-order valence-corrected chi connectivity index (χ4v) is 0.630. The molecule has 16 heavy (non-hydrogen) atoms. The Bertz CT molecular complexity index is 306. The van der Waals surface area contributed by atoms with E-state index in [9.17, 15) is 0 Å². The molecule has 0 fully saturated rings. The molecule has 6 N–H and O–H groups in total. The summed E-state index contributed by atoms with van der Waals surface area (Å²) < 4.78 is 0. The second-order valence-corrected chi connectivity index (χ2v) is 2.27. The van der Waals surface area contributed by atoms with Crippen molar-refractivity contribution in [2.75, 3.05) is 0 Å². The Labute approximate surface area is 88.9 Å². The second-order valence-electron chi connectivity index (χ2n) is 2.27. The second kappa shape index (κ2) is 9.11. The molecule has 0 atom stereocenters. The zero-order chi connectivity index (χ0) is 13.1. The first-order valence-electron chi connectivity index (χ1n) is 3.62. The molecular weight excluding hydrogens is 224 g/mol. The molecule has 0 aliphatic carbocycles. The van der Waals surface area contributed by atoms with Gasteiger partial charge in [-0.05, 0) is 12.1 Å². The molecule has 10 nitrogen and oxygen atoms in total. The zero-order valence-electron chi connectivity index (χ0n) is 8.07. The highest BCUT2D eigenvalue weighted by atomic mass is 16.9. The van der Waals surface area contributed by atoms with Gasteiger partial charge in [0.2, 0.25) is 0 Å². The van der Waals surface area contributed by atoms with E-state index in [0.29, 0.717) is 0 Å². The maximum atomic E-state index is 8.25. The van der Waals surface area contributed by atoms with Crippen LogP contribution >= 0.6 is 0 Å². The number of quaternary nitrogens is 2. The Morgan fingerprint density at radius 1 is 0.875 bits per heavy atom. The lowest BCUT2D eigenvalue weighted by atomic mass is 10.3. The van der Waals surface area contributed by atoms with E-state index in [1.807, 2.05) is 24.3 Å². The highest BCUT2D eigenvalue weighted by molar-refractivity contribution is 5.39. The number of rotatable bonds is 0. The molecule has 0 spiro atoms. The Hall–Kier alpha value is -2.46. The minimum Gasteiger partial charge on any atom is -0.356 e. The Morgan fingerprint density at radius 2 is 1.12 bits per heavy atom. The molecule has 0 unspecified atom stereocenters. The van der Waals surface area contributed by atoms with Crippen molar-refractivity contribution >= 4 is 11.4 Å². The maximum absolute atomic E-state index is 8.25. The van der Waals surface area contributed by atoms with Gasteiger partial charge in [0.05, 0.1) is 16.2 Å². The standard InChI is InChI=1S/C6H8N2.2NO3/c7-5-2-1-3-6(8)4-5;2*2-1(3)4/h1-4H,7-8H2;;/q;2*-1/p+2. The van der Waals surface area contributed by atoms with Gasteiger partial charge in [0.1, 0.15) is 11.4 Å². The molecule has 0 aliphatic rings. The first kappa shape index (κ1) is 16.0. The van der Waals surface area contributed by atoms with Crippen LogP contribution in [0, 0.1) is 30.6 Å². The van der Waals surface area contributed by atoms with E-state index in [0.717, 1.165) is 11.4 Å².